The molecule has 6 heteroatoms. The molecule has 1 aliphatic heterocycles. The molecule has 1 fully saturated rings. The molecule has 0 saturated carbocycles. The van der Waals surface area contributed by atoms with E-state index in [9.17, 15) is 4.79 Å². The molecule has 0 bridgehead atoms. The van der Waals surface area contributed by atoms with Crippen LogP contribution in [0.5, 0.6) is 6.01 Å². The maximum absolute atomic E-state index is 12.9. The number of benzene rings is 1. The summed E-state index contributed by atoms with van der Waals surface area (Å²) in [7, 11) is 0. The van der Waals surface area contributed by atoms with Gasteiger partial charge in [-0.15, -0.1) is 0 Å². The van der Waals surface area contributed by atoms with Crippen molar-refractivity contribution in [3.8, 4) is 6.01 Å². The van der Waals surface area contributed by atoms with Gasteiger partial charge in [-0.3, -0.25) is 4.79 Å². The Labute approximate surface area is 189 Å². The molecule has 0 spiro atoms. The molecule has 3 aromatic rings. The maximum Gasteiger partial charge on any atom is 0.316 e. The molecule has 1 saturated heterocycles. The molecule has 2 aliphatic rings. The summed E-state index contributed by atoms with van der Waals surface area (Å²) in [6.45, 7) is 7.18. The van der Waals surface area contributed by atoms with E-state index in [1.165, 1.54) is 35.0 Å². The zero-order valence-electron chi connectivity index (χ0n) is 19.2. The fourth-order valence-corrected chi connectivity index (χ4v) is 5.27. The number of fused-ring (bicyclic) bond motifs is 3. The van der Waals surface area contributed by atoms with Crippen LogP contribution in [0, 0.1) is 13.8 Å². The predicted molar refractivity (Wildman–Crippen MR) is 125 cm³/mol. The molecular weight excluding hydrogens is 400 g/mol. The third-order valence-electron chi connectivity index (χ3n) is 6.74. The summed E-state index contributed by atoms with van der Waals surface area (Å²) in [4.78, 5) is 23.7. The monoisotopic (exact) mass is 432 g/mol. The van der Waals surface area contributed by atoms with Crippen molar-refractivity contribution >= 4 is 16.8 Å². The molecule has 0 unspecified atom stereocenters. The Morgan fingerprint density at radius 2 is 1.75 bits per heavy atom. The van der Waals surface area contributed by atoms with E-state index in [1.54, 1.807) is 0 Å². The van der Waals surface area contributed by atoms with Gasteiger partial charge in [-0.25, -0.2) is 9.97 Å². The van der Waals surface area contributed by atoms with E-state index in [0.29, 0.717) is 12.6 Å². The summed E-state index contributed by atoms with van der Waals surface area (Å²) in [5, 5.41) is 1.27. The molecule has 6 nitrogen and oxygen atoms in total. The lowest BCUT2D eigenvalue weighted by atomic mass is 9.95. The minimum Gasteiger partial charge on any atom is -0.463 e. The lowest BCUT2D eigenvalue weighted by Gasteiger charge is -2.16. The van der Waals surface area contributed by atoms with E-state index in [-0.39, 0.29) is 5.91 Å². The fraction of sp³-hybridized carbons (Fsp3) is 0.500. The van der Waals surface area contributed by atoms with Crippen LogP contribution in [0.25, 0.3) is 10.9 Å². The minimum absolute atomic E-state index is 0.184. The first-order valence-corrected chi connectivity index (χ1v) is 12.0. The highest BCUT2D eigenvalue weighted by Gasteiger charge is 2.23. The Balaban J connectivity index is 1.35. The zero-order valence-corrected chi connectivity index (χ0v) is 19.2. The smallest absolute Gasteiger partial charge is 0.316 e. The van der Waals surface area contributed by atoms with Crippen LogP contribution >= 0.6 is 0 Å². The first kappa shape index (κ1) is 21.0. The van der Waals surface area contributed by atoms with Gasteiger partial charge < -0.3 is 14.2 Å². The number of aryl methyl sites for hydroxylation is 4. The topological polar surface area (TPSA) is 60.3 Å². The summed E-state index contributed by atoms with van der Waals surface area (Å²) in [6, 6.07) is 8.74. The zero-order chi connectivity index (χ0) is 22.1. The van der Waals surface area contributed by atoms with Crippen molar-refractivity contribution in [2.75, 3.05) is 19.7 Å². The molecule has 0 N–H and O–H groups in total. The van der Waals surface area contributed by atoms with E-state index in [1.807, 2.05) is 30.9 Å². The average molecular weight is 433 g/mol. The molecule has 2 aromatic heterocycles. The molecule has 1 amide bonds. The number of ether oxygens (including phenoxy) is 1. The van der Waals surface area contributed by atoms with Crippen molar-refractivity contribution < 1.29 is 9.53 Å². The summed E-state index contributed by atoms with van der Waals surface area (Å²) in [6.07, 6.45) is 7.80. The molecule has 168 valence electrons. The van der Waals surface area contributed by atoms with Gasteiger partial charge in [0, 0.05) is 53.2 Å². The maximum atomic E-state index is 12.9. The normalized spacial score (nSPS) is 15.9. The summed E-state index contributed by atoms with van der Waals surface area (Å²) < 4.78 is 8.30. The van der Waals surface area contributed by atoms with Crippen LogP contribution in [0.4, 0.5) is 0 Å². The molecule has 5 rings (SSSR count). The standard InChI is InChI=1S/C26H32N4O2/c1-18-16-19(2)28-26(27-18)32-15-7-14-30-23-9-4-3-8-21(23)22-17-20(10-11-24(22)30)25(31)29-12-5-6-13-29/h10-11,16-17H,3-9,12-15H2,1-2H3. The van der Waals surface area contributed by atoms with E-state index in [4.69, 9.17) is 4.74 Å². The van der Waals surface area contributed by atoms with Gasteiger partial charge in [-0.05, 0) is 88.6 Å². The SMILES string of the molecule is Cc1cc(C)nc(OCCCn2c3c(c4cc(C(=O)N5CCCC5)ccc42)CCCC3)n1. The largest absolute Gasteiger partial charge is 0.463 e. The predicted octanol–water partition coefficient (Wildman–Crippen LogP) is 4.63. The number of aromatic nitrogens is 3. The van der Waals surface area contributed by atoms with Crippen LogP contribution in [0.15, 0.2) is 24.3 Å². The Morgan fingerprint density at radius 3 is 2.53 bits per heavy atom. The van der Waals surface area contributed by atoms with Crippen molar-refractivity contribution in [3.63, 3.8) is 0 Å². The van der Waals surface area contributed by atoms with Gasteiger partial charge in [-0.1, -0.05) is 0 Å². The van der Waals surface area contributed by atoms with Crippen molar-refractivity contribution in [1.82, 2.24) is 19.4 Å². The second kappa shape index (κ2) is 8.93. The van der Waals surface area contributed by atoms with Gasteiger partial charge in [0.2, 0.25) is 0 Å². The highest BCUT2D eigenvalue weighted by molar-refractivity contribution is 5.99. The fourth-order valence-electron chi connectivity index (χ4n) is 5.27. The highest BCUT2D eigenvalue weighted by Crippen LogP contribution is 2.33. The molecule has 1 aromatic carbocycles. The van der Waals surface area contributed by atoms with Crippen molar-refractivity contribution in [2.45, 2.75) is 65.3 Å². The minimum atomic E-state index is 0.184. The Hall–Kier alpha value is -2.89. The summed E-state index contributed by atoms with van der Waals surface area (Å²) in [5.74, 6) is 0.184. The van der Waals surface area contributed by atoms with E-state index < -0.39 is 0 Å². The summed E-state index contributed by atoms with van der Waals surface area (Å²) in [5.41, 5.74) is 6.83. The molecular formula is C26H32N4O2. The van der Waals surface area contributed by atoms with Gasteiger partial charge in [-0.2, -0.15) is 0 Å². The number of likely N-dealkylation sites (tertiary alicyclic amines) is 1. The van der Waals surface area contributed by atoms with E-state index in [2.05, 4.69) is 26.7 Å². The number of carbonyl (C=O) groups is 1. The number of hydrogen-bond donors (Lipinski definition) is 0. The van der Waals surface area contributed by atoms with Crippen LogP contribution in [0.1, 0.15) is 65.1 Å². The third kappa shape index (κ3) is 4.10. The molecule has 32 heavy (non-hydrogen) atoms. The lowest BCUT2D eigenvalue weighted by molar-refractivity contribution is 0.0793. The lowest BCUT2D eigenvalue weighted by Crippen LogP contribution is -2.27. The van der Waals surface area contributed by atoms with Crippen LogP contribution in [-0.4, -0.2) is 45.0 Å². The van der Waals surface area contributed by atoms with Gasteiger partial charge in [0.25, 0.3) is 5.91 Å². The van der Waals surface area contributed by atoms with Crippen LogP contribution in [0.2, 0.25) is 0 Å². The molecule has 0 atom stereocenters. The highest BCUT2D eigenvalue weighted by atomic mass is 16.5. The Bertz CT molecular complexity index is 1120. The quantitative estimate of drug-likeness (QED) is 0.533. The van der Waals surface area contributed by atoms with Gasteiger partial charge >= 0.3 is 6.01 Å². The summed E-state index contributed by atoms with van der Waals surface area (Å²) >= 11 is 0. The molecule has 3 heterocycles. The Morgan fingerprint density at radius 1 is 1.00 bits per heavy atom. The molecule has 1 aliphatic carbocycles. The van der Waals surface area contributed by atoms with Gasteiger partial charge in [0.15, 0.2) is 0 Å². The van der Waals surface area contributed by atoms with E-state index in [0.717, 1.165) is 68.7 Å². The van der Waals surface area contributed by atoms with Crippen LogP contribution < -0.4 is 4.74 Å². The van der Waals surface area contributed by atoms with Gasteiger partial charge in [0.05, 0.1) is 6.61 Å². The number of hydrogen-bond acceptors (Lipinski definition) is 4. The average Bonchev–Trinajstić information content (AvgIpc) is 3.42. The van der Waals surface area contributed by atoms with Crippen molar-refractivity contribution in [3.05, 3.63) is 52.5 Å². The Kier molecular flexibility index (Phi) is 5.85. The van der Waals surface area contributed by atoms with E-state index >= 15 is 0 Å². The number of carbonyl (C=O) groups excluding carboxylic acids is 1. The second-order valence-electron chi connectivity index (χ2n) is 9.15. The van der Waals surface area contributed by atoms with Crippen LogP contribution in [-0.2, 0) is 19.4 Å². The van der Waals surface area contributed by atoms with Crippen LogP contribution in [0.3, 0.4) is 0 Å². The first-order valence-electron chi connectivity index (χ1n) is 12.0. The number of nitrogens with zero attached hydrogens (tertiary/aromatic N) is 4. The van der Waals surface area contributed by atoms with Gasteiger partial charge in [0.1, 0.15) is 0 Å². The third-order valence-corrected chi connectivity index (χ3v) is 6.74. The molecule has 0 radical (unpaired) electrons. The van der Waals surface area contributed by atoms with Crippen molar-refractivity contribution in [2.24, 2.45) is 0 Å². The van der Waals surface area contributed by atoms with Crippen molar-refractivity contribution in [1.29, 1.82) is 0 Å². The second-order valence-corrected chi connectivity index (χ2v) is 9.15. The number of amides is 1. The first-order chi connectivity index (χ1) is 15.6. The number of rotatable bonds is 6.